The van der Waals surface area contributed by atoms with Crippen molar-refractivity contribution in [2.75, 3.05) is 5.73 Å². The van der Waals surface area contributed by atoms with E-state index in [1.807, 2.05) is 24.3 Å². The standard InChI is InChI=1S/C15H18N4O/c16-11-4-3-7-13(10-11)19-9-8-14(18-19)15(20)17-12-5-1-2-6-12/h3-4,7-10,12H,1-2,5-6,16H2,(H,17,20). The molecule has 20 heavy (non-hydrogen) atoms. The van der Waals surface area contributed by atoms with Crippen LogP contribution in [0.3, 0.4) is 0 Å². The third-order valence-electron chi connectivity index (χ3n) is 3.65. The van der Waals surface area contributed by atoms with Crippen LogP contribution in [-0.4, -0.2) is 21.7 Å². The lowest BCUT2D eigenvalue weighted by atomic mass is 10.2. The maximum Gasteiger partial charge on any atom is 0.272 e. The molecule has 1 aliphatic carbocycles. The Morgan fingerprint density at radius 3 is 2.85 bits per heavy atom. The van der Waals surface area contributed by atoms with E-state index < -0.39 is 0 Å². The number of anilines is 1. The number of hydrogen-bond acceptors (Lipinski definition) is 3. The van der Waals surface area contributed by atoms with Crippen molar-refractivity contribution in [3.63, 3.8) is 0 Å². The maximum atomic E-state index is 12.1. The average molecular weight is 270 g/mol. The Morgan fingerprint density at radius 1 is 1.30 bits per heavy atom. The summed E-state index contributed by atoms with van der Waals surface area (Å²) in [7, 11) is 0. The molecule has 3 rings (SSSR count). The number of nitrogens with two attached hydrogens (primary N) is 1. The number of rotatable bonds is 3. The summed E-state index contributed by atoms with van der Waals surface area (Å²) in [5.74, 6) is -0.0976. The Morgan fingerprint density at radius 2 is 2.10 bits per heavy atom. The van der Waals surface area contributed by atoms with Gasteiger partial charge in [0.15, 0.2) is 5.69 Å². The summed E-state index contributed by atoms with van der Waals surface area (Å²) >= 11 is 0. The second-order valence-corrected chi connectivity index (χ2v) is 5.20. The Labute approximate surface area is 117 Å². The quantitative estimate of drug-likeness (QED) is 0.839. The molecule has 1 amide bonds. The molecule has 0 saturated heterocycles. The van der Waals surface area contributed by atoms with Gasteiger partial charge in [-0.2, -0.15) is 5.10 Å². The van der Waals surface area contributed by atoms with Crippen molar-refractivity contribution in [2.24, 2.45) is 0 Å². The SMILES string of the molecule is Nc1cccc(-n2ccc(C(=O)NC3CCCC3)n2)c1. The first-order chi connectivity index (χ1) is 9.72. The molecular formula is C15H18N4O. The van der Waals surface area contributed by atoms with Crippen LogP contribution < -0.4 is 11.1 Å². The first kappa shape index (κ1) is 12.7. The molecule has 5 heteroatoms. The summed E-state index contributed by atoms with van der Waals surface area (Å²) in [4.78, 5) is 12.1. The van der Waals surface area contributed by atoms with Gasteiger partial charge in [-0.05, 0) is 37.1 Å². The van der Waals surface area contributed by atoms with E-state index in [-0.39, 0.29) is 5.91 Å². The highest BCUT2D eigenvalue weighted by Gasteiger charge is 2.19. The number of nitrogen functional groups attached to an aromatic ring is 1. The normalized spacial score (nSPS) is 15.4. The van der Waals surface area contributed by atoms with E-state index in [1.54, 1.807) is 16.9 Å². The lowest BCUT2D eigenvalue weighted by Crippen LogP contribution is -2.32. The first-order valence-corrected chi connectivity index (χ1v) is 6.95. The monoisotopic (exact) mass is 270 g/mol. The molecule has 0 unspecified atom stereocenters. The van der Waals surface area contributed by atoms with Crippen molar-refractivity contribution >= 4 is 11.6 Å². The fourth-order valence-corrected chi connectivity index (χ4v) is 2.59. The number of aromatic nitrogens is 2. The molecule has 0 spiro atoms. The van der Waals surface area contributed by atoms with Gasteiger partial charge in [0.05, 0.1) is 5.69 Å². The topological polar surface area (TPSA) is 72.9 Å². The van der Waals surface area contributed by atoms with Gasteiger partial charge in [0.1, 0.15) is 0 Å². The minimum absolute atomic E-state index is 0.0976. The number of benzene rings is 1. The van der Waals surface area contributed by atoms with Crippen LogP contribution in [0.15, 0.2) is 36.5 Å². The lowest BCUT2D eigenvalue weighted by Gasteiger charge is -2.10. The van der Waals surface area contributed by atoms with Gasteiger partial charge < -0.3 is 11.1 Å². The Hall–Kier alpha value is -2.30. The third kappa shape index (κ3) is 2.66. The van der Waals surface area contributed by atoms with Gasteiger partial charge in [0, 0.05) is 17.9 Å². The third-order valence-corrected chi connectivity index (χ3v) is 3.65. The average Bonchev–Trinajstić information content (AvgIpc) is 3.09. The smallest absolute Gasteiger partial charge is 0.272 e. The van der Waals surface area contributed by atoms with Crippen LogP contribution in [0.1, 0.15) is 36.2 Å². The molecule has 1 heterocycles. The van der Waals surface area contributed by atoms with Gasteiger partial charge in [-0.15, -0.1) is 0 Å². The Balaban J connectivity index is 1.74. The van der Waals surface area contributed by atoms with Gasteiger partial charge in [0.25, 0.3) is 5.91 Å². The summed E-state index contributed by atoms with van der Waals surface area (Å²) < 4.78 is 1.67. The molecule has 1 aliphatic rings. The second-order valence-electron chi connectivity index (χ2n) is 5.20. The first-order valence-electron chi connectivity index (χ1n) is 6.95. The molecule has 1 aromatic heterocycles. The van der Waals surface area contributed by atoms with Crippen LogP contribution in [0.2, 0.25) is 0 Å². The van der Waals surface area contributed by atoms with Crippen molar-refractivity contribution in [2.45, 2.75) is 31.7 Å². The molecule has 104 valence electrons. The van der Waals surface area contributed by atoms with E-state index >= 15 is 0 Å². The highest BCUT2D eigenvalue weighted by atomic mass is 16.2. The van der Waals surface area contributed by atoms with E-state index in [9.17, 15) is 4.79 Å². The largest absolute Gasteiger partial charge is 0.399 e. The van der Waals surface area contributed by atoms with Crippen LogP contribution in [0.25, 0.3) is 5.69 Å². The van der Waals surface area contributed by atoms with Crippen molar-refractivity contribution in [3.8, 4) is 5.69 Å². The predicted octanol–water partition coefficient (Wildman–Crippen LogP) is 2.13. The molecule has 1 fully saturated rings. The van der Waals surface area contributed by atoms with Gasteiger partial charge in [0.2, 0.25) is 0 Å². The molecule has 0 atom stereocenters. The van der Waals surface area contributed by atoms with Crippen molar-refractivity contribution in [1.29, 1.82) is 0 Å². The number of carbonyl (C=O) groups is 1. The highest BCUT2D eigenvalue weighted by Crippen LogP contribution is 2.18. The van der Waals surface area contributed by atoms with Crippen LogP contribution in [0.4, 0.5) is 5.69 Å². The lowest BCUT2D eigenvalue weighted by molar-refractivity contribution is 0.0932. The zero-order chi connectivity index (χ0) is 13.9. The molecule has 0 radical (unpaired) electrons. The number of nitrogens with one attached hydrogen (secondary N) is 1. The Kier molecular flexibility index (Phi) is 3.41. The van der Waals surface area contributed by atoms with Gasteiger partial charge in [-0.1, -0.05) is 18.9 Å². The summed E-state index contributed by atoms with van der Waals surface area (Å²) in [6, 6.07) is 9.45. The molecule has 0 aliphatic heterocycles. The summed E-state index contributed by atoms with van der Waals surface area (Å²) in [5, 5.41) is 7.34. The van der Waals surface area contributed by atoms with E-state index in [2.05, 4.69) is 10.4 Å². The van der Waals surface area contributed by atoms with E-state index in [1.165, 1.54) is 12.8 Å². The van der Waals surface area contributed by atoms with Crippen molar-refractivity contribution in [1.82, 2.24) is 15.1 Å². The molecule has 3 N–H and O–H groups in total. The summed E-state index contributed by atoms with van der Waals surface area (Å²) in [6.07, 6.45) is 6.31. The fraction of sp³-hybridized carbons (Fsp3) is 0.333. The minimum atomic E-state index is -0.0976. The molecule has 0 bridgehead atoms. The predicted molar refractivity (Wildman–Crippen MR) is 77.7 cm³/mol. The number of amides is 1. The fourth-order valence-electron chi connectivity index (χ4n) is 2.59. The van der Waals surface area contributed by atoms with Crippen molar-refractivity contribution in [3.05, 3.63) is 42.2 Å². The molecule has 2 aromatic rings. The van der Waals surface area contributed by atoms with E-state index in [4.69, 9.17) is 5.73 Å². The van der Waals surface area contributed by atoms with Crippen LogP contribution >= 0.6 is 0 Å². The number of nitrogens with zero attached hydrogens (tertiary/aromatic N) is 2. The molecule has 1 aromatic carbocycles. The van der Waals surface area contributed by atoms with Crippen LogP contribution in [0.5, 0.6) is 0 Å². The Bertz CT molecular complexity index is 614. The summed E-state index contributed by atoms with van der Waals surface area (Å²) in [6.45, 7) is 0. The zero-order valence-corrected chi connectivity index (χ0v) is 11.2. The van der Waals surface area contributed by atoms with Gasteiger partial charge >= 0.3 is 0 Å². The summed E-state index contributed by atoms with van der Waals surface area (Å²) in [5.41, 5.74) is 7.72. The van der Waals surface area contributed by atoms with Crippen LogP contribution in [0, 0.1) is 0 Å². The zero-order valence-electron chi connectivity index (χ0n) is 11.2. The van der Waals surface area contributed by atoms with Gasteiger partial charge in [-0.3, -0.25) is 4.79 Å². The number of hydrogen-bond donors (Lipinski definition) is 2. The minimum Gasteiger partial charge on any atom is -0.399 e. The molecule has 5 nitrogen and oxygen atoms in total. The highest BCUT2D eigenvalue weighted by molar-refractivity contribution is 5.92. The van der Waals surface area contributed by atoms with Crippen LogP contribution in [-0.2, 0) is 0 Å². The van der Waals surface area contributed by atoms with E-state index in [0.717, 1.165) is 18.5 Å². The molecule has 1 saturated carbocycles. The maximum absolute atomic E-state index is 12.1. The second kappa shape index (κ2) is 5.36. The van der Waals surface area contributed by atoms with E-state index in [0.29, 0.717) is 17.4 Å². The number of carbonyl (C=O) groups excluding carboxylic acids is 1. The van der Waals surface area contributed by atoms with Crippen molar-refractivity contribution < 1.29 is 4.79 Å². The molecular weight excluding hydrogens is 252 g/mol. The van der Waals surface area contributed by atoms with Gasteiger partial charge in [-0.25, -0.2) is 4.68 Å².